The topological polar surface area (TPSA) is 55.6 Å². The fourth-order valence-electron chi connectivity index (χ4n) is 1.15. The van der Waals surface area contributed by atoms with Crippen LogP contribution in [0.5, 0.6) is 0 Å². The lowest BCUT2D eigenvalue weighted by molar-refractivity contribution is 0.0374. The normalized spacial score (nSPS) is 28.7. The molecule has 1 rings (SSSR count). The van der Waals surface area contributed by atoms with Crippen molar-refractivity contribution >= 4 is 11.0 Å². The van der Waals surface area contributed by atoms with Gasteiger partial charge in [-0.2, -0.15) is 0 Å². The van der Waals surface area contributed by atoms with E-state index in [9.17, 15) is 4.21 Å². The molecule has 2 atom stereocenters. The molecular weight excluding hydrogens is 176 g/mol. The van der Waals surface area contributed by atoms with Crippen molar-refractivity contribution in [2.75, 3.05) is 25.5 Å². The monoisotopic (exact) mass is 192 g/mol. The molecule has 1 saturated heterocycles. The molecule has 0 radical (unpaired) electrons. The zero-order chi connectivity index (χ0) is 8.97. The van der Waals surface area contributed by atoms with Gasteiger partial charge in [-0.25, -0.2) is 8.51 Å². The van der Waals surface area contributed by atoms with E-state index in [1.165, 1.54) is 0 Å². The van der Waals surface area contributed by atoms with Gasteiger partial charge >= 0.3 is 0 Å². The summed E-state index contributed by atoms with van der Waals surface area (Å²) < 4.78 is 18.5. The second-order valence-electron chi connectivity index (χ2n) is 2.81. The van der Waals surface area contributed by atoms with E-state index in [0.29, 0.717) is 25.5 Å². The molecule has 72 valence electrons. The van der Waals surface area contributed by atoms with Gasteiger partial charge < -0.3 is 10.5 Å². The highest BCUT2D eigenvalue weighted by Gasteiger charge is 2.23. The summed E-state index contributed by atoms with van der Waals surface area (Å²) in [7, 11) is -0.908. The van der Waals surface area contributed by atoms with Crippen molar-refractivity contribution in [1.82, 2.24) is 4.31 Å². The molecular formula is C7H16N2O2S. The Morgan fingerprint density at radius 1 is 1.75 bits per heavy atom. The summed E-state index contributed by atoms with van der Waals surface area (Å²) in [6.45, 7) is 3.84. The molecule has 1 aliphatic heterocycles. The van der Waals surface area contributed by atoms with Gasteiger partial charge in [-0.15, -0.1) is 0 Å². The van der Waals surface area contributed by atoms with Crippen LogP contribution in [0.1, 0.15) is 13.3 Å². The number of rotatable bonds is 3. The summed E-state index contributed by atoms with van der Waals surface area (Å²) >= 11 is 0. The number of hydrogen-bond donors (Lipinski definition) is 1. The molecule has 5 heteroatoms. The molecule has 0 saturated carbocycles. The van der Waals surface area contributed by atoms with Crippen LogP contribution in [0.15, 0.2) is 0 Å². The van der Waals surface area contributed by atoms with Gasteiger partial charge in [0, 0.05) is 12.3 Å². The summed E-state index contributed by atoms with van der Waals surface area (Å²) in [4.78, 5) is 0. The highest BCUT2D eigenvalue weighted by atomic mass is 32.2. The highest BCUT2D eigenvalue weighted by molar-refractivity contribution is 7.82. The molecule has 1 aliphatic rings. The van der Waals surface area contributed by atoms with Gasteiger partial charge in [-0.1, -0.05) is 6.92 Å². The average molecular weight is 192 g/mol. The molecule has 1 fully saturated rings. The molecule has 0 aromatic heterocycles. The molecule has 0 aromatic rings. The maximum atomic E-state index is 11.5. The molecule has 0 spiro atoms. The predicted octanol–water partition coefficient (Wildman–Crippen LogP) is -0.323. The van der Waals surface area contributed by atoms with Gasteiger partial charge in [-0.3, -0.25) is 0 Å². The number of nitrogens with two attached hydrogens (primary N) is 1. The summed E-state index contributed by atoms with van der Waals surface area (Å²) in [6.07, 6.45) is 0.739. The third kappa shape index (κ3) is 2.52. The van der Waals surface area contributed by atoms with Crippen LogP contribution >= 0.6 is 0 Å². The minimum atomic E-state index is -0.908. The maximum absolute atomic E-state index is 11.5. The van der Waals surface area contributed by atoms with Crippen molar-refractivity contribution in [2.24, 2.45) is 5.73 Å². The lowest BCUT2D eigenvalue weighted by Gasteiger charge is -2.31. The fourth-order valence-corrected chi connectivity index (χ4v) is 2.38. The third-order valence-electron chi connectivity index (χ3n) is 1.75. The Bertz CT molecular complexity index is 165. The largest absolute Gasteiger partial charge is 0.377 e. The molecule has 0 bridgehead atoms. The first-order valence-electron chi connectivity index (χ1n) is 4.24. The molecule has 2 unspecified atom stereocenters. The Kier molecular flexibility index (Phi) is 4.14. The first-order chi connectivity index (χ1) is 5.75. The summed E-state index contributed by atoms with van der Waals surface area (Å²) in [5.74, 6) is 0.702. The molecule has 0 aromatic carbocycles. The molecule has 1 heterocycles. The van der Waals surface area contributed by atoms with Crippen molar-refractivity contribution in [2.45, 2.75) is 19.5 Å². The van der Waals surface area contributed by atoms with Gasteiger partial charge in [0.05, 0.1) is 30.4 Å². The zero-order valence-corrected chi connectivity index (χ0v) is 8.18. The van der Waals surface area contributed by atoms with E-state index in [1.807, 2.05) is 11.2 Å². The van der Waals surface area contributed by atoms with Crippen LogP contribution in [0.2, 0.25) is 0 Å². The van der Waals surface area contributed by atoms with Crippen molar-refractivity contribution in [1.29, 1.82) is 0 Å². The number of morpholine rings is 1. The van der Waals surface area contributed by atoms with Crippen LogP contribution in [-0.2, 0) is 15.7 Å². The van der Waals surface area contributed by atoms with Crippen molar-refractivity contribution in [3.63, 3.8) is 0 Å². The van der Waals surface area contributed by atoms with Gasteiger partial charge in [0.15, 0.2) is 0 Å². The Labute approximate surface area is 75.6 Å². The zero-order valence-electron chi connectivity index (χ0n) is 7.36. The second kappa shape index (κ2) is 4.91. The third-order valence-corrected chi connectivity index (χ3v) is 3.49. The van der Waals surface area contributed by atoms with Crippen LogP contribution in [0.25, 0.3) is 0 Å². The molecule has 2 N–H and O–H groups in total. The lowest BCUT2D eigenvalue weighted by Crippen LogP contribution is -2.51. The second-order valence-corrected chi connectivity index (χ2v) is 4.33. The van der Waals surface area contributed by atoms with E-state index in [2.05, 4.69) is 0 Å². The minimum absolute atomic E-state index is 0.189. The fraction of sp³-hybridized carbons (Fsp3) is 1.00. The van der Waals surface area contributed by atoms with E-state index in [4.69, 9.17) is 10.5 Å². The van der Waals surface area contributed by atoms with Crippen LogP contribution in [-0.4, -0.2) is 40.2 Å². The van der Waals surface area contributed by atoms with E-state index < -0.39 is 11.0 Å². The maximum Gasteiger partial charge on any atom is 0.0958 e. The molecule has 12 heavy (non-hydrogen) atoms. The van der Waals surface area contributed by atoms with E-state index in [1.54, 1.807) is 0 Å². The van der Waals surface area contributed by atoms with Crippen LogP contribution in [0, 0.1) is 0 Å². The quantitative estimate of drug-likeness (QED) is 0.666. The summed E-state index contributed by atoms with van der Waals surface area (Å²) in [5, 5.41) is 0. The Morgan fingerprint density at radius 3 is 3.08 bits per heavy atom. The van der Waals surface area contributed by atoms with Crippen LogP contribution < -0.4 is 5.73 Å². The standard InChI is InChI=1S/C7H16N2O2S/c1-2-5-12(10)9-3-4-11-6-7(9)8/h7H,2-6,8H2,1H3. The van der Waals surface area contributed by atoms with Gasteiger partial charge in [0.1, 0.15) is 0 Å². The van der Waals surface area contributed by atoms with Crippen molar-refractivity contribution in [3.8, 4) is 0 Å². The number of ether oxygens (including phenoxy) is 1. The average Bonchev–Trinajstić information content (AvgIpc) is 2.05. The number of hydrogen-bond acceptors (Lipinski definition) is 3. The first-order valence-corrected chi connectivity index (χ1v) is 5.51. The lowest BCUT2D eigenvalue weighted by atomic mass is 10.4. The smallest absolute Gasteiger partial charge is 0.0958 e. The summed E-state index contributed by atoms with van der Waals surface area (Å²) in [6, 6.07) is 0. The van der Waals surface area contributed by atoms with E-state index >= 15 is 0 Å². The van der Waals surface area contributed by atoms with Crippen molar-refractivity contribution in [3.05, 3.63) is 0 Å². The molecule has 4 nitrogen and oxygen atoms in total. The molecule has 0 amide bonds. The Hall–Kier alpha value is 0.0300. The van der Waals surface area contributed by atoms with Crippen LogP contribution in [0.3, 0.4) is 0 Å². The first kappa shape index (κ1) is 10.1. The van der Waals surface area contributed by atoms with Gasteiger partial charge in [0.25, 0.3) is 0 Å². The molecule has 0 aliphatic carbocycles. The predicted molar refractivity (Wildman–Crippen MR) is 48.8 cm³/mol. The minimum Gasteiger partial charge on any atom is -0.377 e. The SMILES string of the molecule is CCCS(=O)N1CCOCC1N. The van der Waals surface area contributed by atoms with Crippen LogP contribution in [0.4, 0.5) is 0 Å². The Morgan fingerprint density at radius 2 is 2.50 bits per heavy atom. The van der Waals surface area contributed by atoms with Gasteiger partial charge in [0.2, 0.25) is 0 Å². The van der Waals surface area contributed by atoms with E-state index in [-0.39, 0.29) is 6.17 Å². The summed E-state index contributed by atoms with van der Waals surface area (Å²) in [5.41, 5.74) is 5.72. The number of nitrogens with zero attached hydrogens (tertiary/aromatic N) is 1. The van der Waals surface area contributed by atoms with Crippen molar-refractivity contribution < 1.29 is 8.95 Å². The Balaban J connectivity index is 2.42. The highest BCUT2D eigenvalue weighted by Crippen LogP contribution is 2.06. The van der Waals surface area contributed by atoms with E-state index in [0.717, 1.165) is 6.42 Å². The van der Waals surface area contributed by atoms with Gasteiger partial charge in [-0.05, 0) is 6.42 Å².